The number of halogens is 1. The fraction of sp³-hybridized carbons (Fsp3) is 0.733. The minimum Gasteiger partial charge on any atom is -0.439 e. The van der Waals surface area contributed by atoms with Gasteiger partial charge in [0.15, 0.2) is 5.13 Å². The number of thiazole rings is 1. The number of nitrogens with zero attached hydrogens (tertiary/aromatic N) is 4. The normalized spacial score (nSPS) is 28.3. The van der Waals surface area contributed by atoms with E-state index >= 15 is 0 Å². The van der Waals surface area contributed by atoms with Gasteiger partial charge in [-0.25, -0.2) is 9.78 Å². The minimum atomic E-state index is -0.333. The molecule has 4 heterocycles. The standard InChI is InChI=1S/C15H21ClN4O2S/c1-18-9-15(22-14(18)21)4-7-19(10-15)8-11-12(16)17-13(23-11)20-5-2-3-6-20/h2-10H2,1H3/t15-/m1/s1. The summed E-state index contributed by atoms with van der Waals surface area (Å²) in [5.41, 5.74) is -0.333. The second-order valence-electron chi connectivity index (χ2n) is 6.77. The second kappa shape index (κ2) is 5.79. The van der Waals surface area contributed by atoms with Gasteiger partial charge in [-0.2, -0.15) is 0 Å². The largest absolute Gasteiger partial charge is 0.439 e. The van der Waals surface area contributed by atoms with Crippen LogP contribution in [0.2, 0.25) is 5.15 Å². The van der Waals surface area contributed by atoms with Gasteiger partial charge in [-0.05, 0) is 12.8 Å². The molecule has 3 aliphatic heterocycles. The van der Waals surface area contributed by atoms with E-state index in [0.717, 1.165) is 49.2 Å². The van der Waals surface area contributed by atoms with Crippen LogP contribution in [0.3, 0.4) is 0 Å². The molecule has 4 rings (SSSR count). The van der Waals surface area contributed by atoms with Crippen LogP contribution in [0.15, 0.2) is 0 Å². The predicted octanol–water partition coefficient (Wildman–Crippen LogP) is 2.42. The molecule has 0 aliphatic carbocycles. The Morgan fingerprint density at radius 2 is 2.09 bits per heavy atom. The molecule has 1 spiro atoms. The van der Waals surface area contributed by atoms with Gasteiger partial charge in [0.05, 0.1) is 11.4 Å². The molecule has 0 bridgehead atoms. The third-order valence-corrected chi connectivity index (χ3v) is 6.44. The molecule has 3 aliphatic rings. The van der Waals surface area contributed by atoms with Gasteiger partial charge in [-0.3, -0.25) is 4.90 Å². The fourth-order valence-corrected chi connectivity index (χ4v) is 5.08. The van der Waals surface area contributed by atoms with Gasteiger partial charge in [0.2, 0.25) is 0 Å². The zero-order chi connectivity index (χ0) is 16.0. The van der Waals surface area contributed by atoms with Crippen molar-refractivity contribution in [3.05, 3.63) is 10.0 Å². The first-order valence-electron chi connectivity index (χ1n) is 8.11. The number of likely N-dealkylation sites (tertiary alicyclic amines) is 1. The molecule has 1 aromatic rings. The van der Waals surface area contributed by atoms with Crippen LogP contribution in [0.4, 0.5) is 9.93 Å². The Balaban J connectivity index is 1.42. The van der Waals surface area contributed by atoms with Crippen molar-refractivity contribution in [1.29, 1.82) is 0 Å². The summed E-state index contributed by atoms with van der Waals surface area (Å²) in [6, 6.07) is 0. The summed E-state index contributed by atoms with van der Waals surface area (Å²) in [5, 5.41) is 1.67. The lowest BCUT2D eigenvalue weighted by molar-refractivity contribution is 0.0628. The zero-order valence-electron chi connectivity index (χ0n) is 13.3. The summed E-state index contributed by atoms with van der Waals surface area (Å²) in [6.45, 7) is 5.33. The van der Waals surface area contributed by atoms with Crippen LogP contribution < -0.4 is 4.90 Å². The third-order valence-electron chi connectivity index (χ3n) is 4.92. The molecule has 1 amide bonds. The van der Waals surface area contributed by atoms with E-state index in [-0.39, 0.29) is 11.7 Å². The molecule has 3 fully saturated rings. The number of carbonyl (C=O) groups is 1. The maximum Gasteiger partial charge on any atom is 0.410 e. The maximum atomic E-state index is 11.7. The molecule has 126 valence electrons. The van der Waals surface area contributed by atoms with Crippen molar-refractivity contribution < 1.29 is 9.53 Å². The van der Waals surface area contributed by atoms with Crippen LogP contribution in [0, 0.1) is 0 Å². The summed E-state index contributed by atoms with van der Waals surface area (Å²) in [5.74, 6) is 0. The van der Waals surface area contributed by atoms with Gasteiger partial charge in [0.1, 0.15) is 10.8 Å². The molecule has 0 saturated carbocycles. The number of aromatic nitrogens is 1. The number of ether oxygens (including phenoxy) is 1. The summed E-state index contributed by atoms with van der Waals surface area (Å²) < 4.78 is 5.60. The highest BCUT2D eigenvalue weighted by atomic mass is 35.5. The smallest absolute Gasteiger partial charge is 0.410 e. The van der Waals surface area contributed by atoms with E-state index in [1.807, 2.05) is 0 Å². The first kappa shape index (κ1) is 15.5. The van der Waals surface area contributed by atoms with Crippen molar-refractivity contribution in [2.24, 2.45) is 0 Å². The Hall–Kier alpha value is -1.05. The predicted molar refractivity (Wildman–Crippen MR) is 90.3 cm³/mol. The lowest BCUT2D eigenvalue weighted by Gasteiger charge is -2.21. The molecule has 23 heavy (non-hydrogen) atoms. The monoisotopic (exact) mass is 356 g/mol. The Kier molecular flexibility index (Phi) is 3.90. The number of hydrogen-bond donors (Lipinski definition) is 0. The van der Waals surface area contributed by atoms with Gasteiger partial charge < -0.3 is 14.5 Å². The highest BCUT2D eigenvalue weighted by molar-refractivity contribution is 7.16. The van der Waals surface area contributed by atoms with Crippen molar-refractivity contribution in [3.63, 3.8) is 0 Å². The van der Waals surface area contributed by atoms with Crippen molar-refractivity contribution in [1.82, 2.24) is 14.8 Å². The van der Waals surface area contributed by atoms with E-state index in [1.54, 1.807) is 23.3 Å². The van der Waals surface area contributed by atoms with Crippen LogP contribution in [0.25, 0.3) is 0 Å². The quantitative estimate of drug-likeness (QED) is 0.832. The molecular weight excluding hydrogens is 336 g/mol. The molecular formula is C15H21ClN4O2S. The van der Waals surface area contributed by atoms with Gasteiger partial charge in [0.25, 0.3) is 0 Å². The third kappa shape index (κ3) is 2.90. The van der Waals surface area contributed by atoms with Crippen LogP contribution in [-0.4, -0.2) is 66.2 Å². The molecule has 1 aromatic heterocycles. The molecule has 3 saturated heterocycles. The fourth-order valence-electron chi connectivity index (χ4n) is 3.73. The van der Waals surface area contributed by atoms with Gasteiger partial charge in [-0.15, -0.1) is 0 Å². The first-order chi connectivity index (χ1) is 11.0. The topological polar surface area (TPSA) is 48.9 Å². The van der Waals surface area contributed by atoms with Crippen molar-refractivity contribution in [2.45, 2.75) is 31.4 Å². The number of anilines is 1. The van der Waals surface area contributed by atoms with E-state index in [2.05, 4.69) is 14.8 Å². The van der Waals surface area contributed by atoms with Crippen LogP contribution >= 0.6 is 22.9 Å². The Morgan fingerprint density at radius 3 is 2.78 bits per heavy atom. The average molecular weight is 357 g/mol. The average Bonchev–Trinajstić information content (AvgIpc) is 3.24. The maximum absolute atomic E-state index is 11.7. The molecule has 0 unspecified atom stereocenters. The van der Waals surface area contributed by atoms with Gasteiger partial charge in [-0.1, -0.05) is 22.9 Å². The molecule has 0 aromatic carbocycles. The number of rotatable bonds is 3. The van der Waals surface area contributed by atoms with Crippen LogP contribution in [0.1, 0.15) is 24.1 Å². The Bertz CT molecular complexity index is 619. The Labute approximate surface area is 145 Å². The van der Waals surface area contributed by atoms with Crippen molar-refractivity contribution >= 4 is 34.2 Å². The minimum absolute atomic E-state index is 0.209. The van der Waals surface area contributed by atoms with E-state index in [0.29, 0.717) is 11.7 Å². The summed E-state index contributed by atoms with van der Waals surface area (Å²) >= 11 is 8.05. The summed E-state index contributed by atoms with van der Waals surface area (Å²) in [4.78, 5) is 23.6. The summed E-state index contributed by atoms with van der Waals surface area (Å²) in [6.07, 6.45) is 3.15. The lowest BCUT2D eigenvalue weighted by atomic mass is 10.0. The molecule has 1 atom stereocenters. The zero-order valence-corrected chi connectivity index (χ0v) is 14.8. The van der Waals surface area contributed by atoms with Gasteiger partial charge >= 0.3 is 6.09 Å². The molecule has 0 N–H and O–H groups in total. The van der Waals surface area contributed by atoms with Crippen molar-refractivity contribution in [2.75, 3.05) is 44.7 Å². The molecule has 0 radical (unpaired) electrons. The number of carbonyl (C=O) groups excluding carboxylic acids is 1. The van der Waals surface area contributed by atoms with Crippen LogP contribution in [0.5, 0.6) is 0 Å². The number of hydrogen-bond acceptors (Lipinski definition) is 6. The number of likely N-dealkylation sites (N-methyl/N-ethyl adjacent to an activating group) is 1. The van der Waals surface area contributed by atoms with Crippen LogP contribution in [-0.2, 0) is 11.3 Å². The first-order valence-corrected chi connectivity index (χ1v) is 9.31. The SMILES string of the molecule is CN1C[C@@]2(CCN(Cc3sc(N4CCCC4)nc3Cl)C2)OC1=O. The Morgan fingerprint density at radius 1 is 1.30 bits per heavy atom. The van der Waals surface area contributed by atoms with E-state index in [1.165, 1.54) is 12.8 Å². The molecule has 8 heteroatoms. The van der Waals surface area contributed by atoms with E-state index < -0.39 is 0 Å². The van der Waals surface area contributed by atoms with E-state index in [4.69, 9.17) is 16.3 Å². The molecule has 6 nitrogen and oxygen atoms in total. The lowest BCUT2D eigenvalue weighted by Crippen LogP contribution is -2.36. The highest BCUT2D eigenvalue weighted by Gasteiger charge is 2.48. The summed E-state index contributed by atoms with van der Waals surface area (Å²) in [7, 11) is 1.79. The number of amides is 1. The van der Waals surface area contributed by atoms with E-state index in [9.17, 15) is 4.79 Å². The van der Waals surface area contributed by atoms with Gasteiger partial charge in [0, 0.05) is 46.2 Å². The highest BCUT2D eigenvalue weighted by Crippen LogP contribution is 2.36. The van der Waals surface area contributed by atoms with Crippen molar-refractivity contribution in [3.8, 4) is 0 Å². The second-order valence-corrected chi connectivity index (χ2v) is 8.19.